The van der Waals surface area contributed by atoms with E-state index in [4.69, 9.17) is 10.4 Å². The number of fused-ring (bicyclic) bond motifs is 3. The number of hydrogen-bond donors (Lipinski definition) is 1. The standard InChI is InChI=1S/C21H20N2O2/c22-13-15(21(24)25)11-14-9-10-20-18(12-14)17-7-4-8-19(17)23(20)16-5-2-1-3-6-16/h1-3,5-6,9-10,12,15,17,19H,4,7-8,11H2,(H,24,25). The quantitative estimate of drug-likeness (QED) is 0.909. The van der Waals surface area contributed by atoms with Crippen LogP contribution < -0.4 is 4.90 Å². The molecular formula is C21H20N2O2. The van der Waals surface area contributed by atoms with Gasteiger partial charge < -0.3 is 10.0 Å². The van der Waals surface area contributed by atoms with Crippen molar-refractivity contribution >= 4 is 17.3 Å². The molecule has 2 aromatic carbocycles. The summed E-state index contributed by atoms with van der Waals surface area (Å²) in [6.07, 6.45) is 3.84. The van der Waals surface area contributed by atoms with Gasteiger partial charge in [0.2, 0.25) is 0 Å². The second-order valence-corrected chi connectivity index (χ2v) is 6.93. The lowest BCUT2D eigenvalue weighted by molar-refractivity contribution is -0.139. The summed E-state index contributed by atoms with van der Waals surface area (Å²) in [7, 11) is 0. The van der Waals surface area contributed by atoms with Crippen LogP contribution in [0.4, 0.5) is 11.4 Å². The van der Waals surface area contributed by atoms with Crippen molar-refractivity contribution in [3.8, 4) is 6.07 Å². The Morgan fingerprint density at radius 1 is 1.24 bits per heavy atom. The van der Waals surface area contributed by atoms with E-state index < -0.39 is 11.9 Å². The topological polar surface area (TPSA) is 64.3 Å². The van der Waals surface area contributed by atoms with E-state index in [0.29, 0.717) is 12.0 Å². The lowest BCUT2D eigenvalue weighted by Crippen LogP contribution is -2.26. The number of carboxylic acid groups (broad SMARTS) is 1. The van der Waals surface area contributed by atoms with Gasteiger partial charge in [0.25, 0.3) is 0 Å². The minimum atomic E-state index is -1.05. The summed E-state index contributed by atoms with van der Waals surface area (Å²) in [6, 6.07) is 19.0. The van der Waals surface area contributed by atoms with Crippen molar-refractivity contribution in [2.75, 3.05) is 4.90 Å². The van der Waals surface area contributed by atoms with Crippen LogP contribution in [-0.4, -0.2) is 17.1 Å². The summed E-state index contributed by atoms with van der Waals surface area (Å²) in [5, 5.41) is 18.2. The van der Waals surface area contributed by atoms with Crippen LogP contribution >= 0.6 is 0 Å². The number of aliphatic carboxylic acids is 1. The van der Waals surface area contributed by atoms with Crippen LogP contribution in [0.15, 0.2) is 48.5 Å². The maximum atomic E-state index is 11.2. The average Bonchev–Trinajstić information content (AvgIpc) is 3.20. The fourth-order valence-electron chi connectivity index (χ4n) is 4.38. The van der Waals surface area contributed by atoms with E-state index in [0.717, 1.165) is 5.56 Å². The molecule has 3 unspecified atom stereocenters. The van der Waals surface area contributed by atoms with Crippen molar-refractivity contribution in [1.29, 1.82) is 5.26 Å². The van der Waals surface area contributed by atoms with Gasteiger partial charge >= 0.3 is 5.97 Å². The van der Waals surface area contributed by atoms with Crippen molar-refractivity contribution < 1.29 is 9.90 Å². The highest BCUT2D eigenvalue weighted by Crippen LogP contribution is 2.52. The summed E-state index contributed by atoms with van der Waals surface area (Å²) in [4.78, 5) is 13.6. The molecule has 0 bridgehead atoms. The number of anilines is 2. The zero-order valence-corrected chi connectivity index (χ0v) is 13.9. The highest BCUT2D eigenvalue weighted by atomic mass is 16.4. The van der Waals surface area contributed by atoms with Crippen LogP contribution in [0.5, 0.6) is 0 Å². The van der Waals surface area contributed by atoms with E-state index in [9.17, 15) is 4.79 Å². The largest absolute Gasteiger partial charge is 0.480 e. The zero-order valence-electron chi connectivity index (χ0n) is 13.9. The smallest absolute Gasteiger partial charge is 0.321 e. The maximum Gasteiger partial charge on any atom is 0.321 e. The zero-order chi connectivity index (χ0) is 17.4. The van der Waals surface area contributed by atoms with Gasteiger partial charge in [-0.3, -0.25) is 4.79 Å². The molecule has 1 heterocycles. The molecule has 0 amide bonds. The second kappa shape index (κ2) is 6.25. The second-order valence-electron chi connectivity index (χ2n) is 6.93. The Hall–Kier alpha value is -2.80. The molecule has 1 aliphatic carbocycles. The maximum absolute atomic E-state index is 11.2. The Balaban J connectivity index is 1.71. The molecule has 1 saturated carbocycles. The first-order valence-corrected chi connectivity index (χ1v) is 8.78. The van der Waals surface area contributed by atoms with Crippen LogP contribution in [0.25, 0.3) is 0 Å². The molecule has 1 fully saturated rings. The summed E-state index contributed by atoms with van der Waals surface area (Å²) >= 11 is 0. The summed E-state index contributed by atoms with van der Waals surface area (Å²) in [6.45, 7) is 0. The monoisotopic (exact) mass is 332 g/mol. The van der Waals surface area contributed by atoms with Crippen LogP contribution in [0.1, 0.15) is 36.3 Å². The van der Waals surface area contributed by atoms with Gasteiger partial charge in [0.15, 0.2) is 0 Å². The minimum absolute atomic E-state index is 0.266. The molecule has 126 valence electrons. The van der Waals surface area contributed by atoms with E-state index >= 15 is 0 Å². The van der Waals surface area contributed by atoms with Gasteiger partial charge in [0.1, 0.15) is 5.92 Å². The van der Waals surface area contributed by atoms with Crippen molar-refractivity contribution in [3.05, 3.63) is 59.7 Å². The van der Waals surface area contributed by atoms with Gasteiger partial charge in [-0.05, 0) is 48.6 Å². The first-order chi connectivity index (χ1) is 12.2. The van der Waals surface area contributed by atoms with Crippen LogP contribution in [0.3, 0.4) is 0 Å². The molecule has 4 rings (SSSR count). The van der Waals surface area contributed by atoms with Gasteiger partial charge in [0, 0.05) is 23.3 Å². The van der Waals surface area contributed by atoms with E-state index in [-0.39, 0.29) is 6.42 Å². The lowest BCUT2D eigenvalue weighted by atomic mass is 9.93. The summed E-state index contributed by atoms with van der Waals surface area (Å²) in [5.41, 5.74) is 4.69. The highest BCUT2D eigenvalue weighted by molar-refractivity contribution is 5.75. The van der Waals surface area contributed by atoms with Crippen molar-refractivity contribution in [2.24, 2.45) is 5.92 Å². The summed E-state index contributed by atoms with van der Waals surface area (Å²) in [5.74, 6) is -1.53. The predicted molar refractivity (Wildman–Crippen MR) is 95.8 cm³/mol. The van der Waals surface area contributed by atoms with E-state index in [1.165, 1.54) is 36.2 Å². The molecule has 4 heteroatoms. The number of nitrogens with zero attached hydrogens (tertiary/aromatic N) is 2. The van der Waals surface area contributed by atoms with Crippen molar-refractivity contribution in [3.63, 3.8) is 0 Å². The molecule has 3 atom stereocenters. The number of rotatable bonds is 4. The Labute approximate surface area is 147 Å². The number of carbonyl (C=O) groups is 1. The van der Waals surface area contributed by atoms with Gasteiger partial charge in [-0.1, -0.05) is 36.8 Å². The molecule has 0 aromatic heterocycles. The van der Waals surface area contributed by atoms with Gasteiger partial charge in [0.05, 0.1) is 6.07 Å². The van der Waals surface area contributed by atoms with Crippen molar-refractivity contribution in [2.45, 2.75) is 37.6 Å². The molecule has 2 aliphatic rings. The molecule has 0 saturated heterocycles. The fraction of sp³-hybridized carbons (Fsp3) is 0.333. The first-order valence-electron chi connectivity index (χ1n) is 8.78. The third-order valence-electron chi connectivity index (χ3n) is 5.49. The normalized spacial score (nSPS) is 22.1. The SMILES string of the molecule is N#CC(Cc1ccc2c(c1)C1CCCC1N2c1ccccc1)C(=O)O. The molecule has 1 aliphatic heterocycles. The van der Waals surface area contributed by atoms with Gasteiger partial charge in [-0.2, -0.15) is 5.26 Å². The average molecular weight is 332 g/mol. The molecule has 0 radical (unpaired) electrons. The summed E-state index contributed by atoms with van der Waals surface area (Å²) < 4.78 is 0. The number of carboxylic acids is 1. The third-order valence-corrected chi connectivity index (χ3v) is 5.49. The van der Waals surface area contributed by atoms with E-state index in [1.807, 2.05) is 18.2 Å². The Bertz CT molecular complexity index is 841. The van der Waals surface area contributed by atoms with Crippen LogP contribution in [-0.2, 0) is 11.2 Å². The number of para-hydroxylation sites is 1. The predicted octanol–water partition coefficient (Wildman–Crippen LogP) is 4.24. The molecule has 4 nitrogen and oxygen atoms in total. The Morgan fingerprint density at radius 2 is 2.04 bits per heavy atom. The minimum Gasteiger partial charge on any atom is -0.480 e. The lowest BCUT2D eigenvalue weighted by Gasteiger charge is -2.27. The van der Waals surface area contributed by atoms with E-state index in [2.05, 4.69) is 41.3 Å². The molecule has 1 N–H and O–H groups in total. The Morgan fingerprint density at radius 3 is 2.76 bits per heavy atom. The molecule has 2 aromatic rings. The number of benzene rings is 2. The number of hydrogen-bond acceptors (Lipinski definition) is 3. The van der Waals surface area contributed by atoms with E-state index in [1.54, 1.807) is 0 Å². The van der Waals surface area contributed by atoms with Crippen molar-refractivity contribution in [1.82, 2.24) is 0 Å². The van der Waals surface area contributed by atoms with Crippen LogP contribution in [0, 0.1) is 17.2 Å². The fourth-order valence-corrected chi connectivity index (χ4v) is 4.38. The van der Waals surface area contributed by atoms with Crippen LogP contribution in [0.2, 0.25) is 0 Å². The van der Waals surface area contributed by atoms with Gasteiger partial charge in [-0.25, -0.2) is 0 Å². The molecule has 0 spiro atoms. The third kappa shape index (κ3) is 2.66. The number of nitriles is 1. The molecule has 25 heavy (non-hydrogen) atoms. The van der Waals surface area contributed by atoms with Gasteiger partial charge in [-0.15, -0.1) is 0 Å². The Kier molecular flexibility index (Phi) is 3.93. The highest BCUT2D eigenvalue weighted by Gasteiger charge is 2.42. The first kappa shape index (κ1) is 15.7. The molecular weight excluding hydrogens is 312 g/mol.